The summed E-state index contributed by atoms with van der Waals surface area (Å²) in [5.74, 6) is 0. The van der Waals surface area contributed by atoms with Gasteiger partial charge in [-0.1, -0.05) is 64.5 Å². The highest BCUT2D eigenvalue weighted by Crippen LogP contribution is 2.21. The average Bonchev–Trinajstić information content (AvgIpc) is 2.48. The second-order valence-corrected chi connectivity index (χ2v) is 7.28. The van der Waals surface area contributed by atoms with Gasteiger partial charge in [-0.25, -0.2) is 8.42 Å². The molecule has 0 fully saturated rings. The van der Waals surface area contributed by atoms with Crippen LogP contribution in [0.15, 0.2) is 75.4 Å². The lowest BCUT2D eigenvalue weighted by Gasteiger charge is -2.10. The SMILES string of the molecule is O=S(=O)(/C=C(/Br)C(O)Cc1ccccc1)c1ccccc1. The number of benzene rings is 2. The number of sulfone groups is 1. The Hall–Kier alpha value is -1.43. The van der Waals surface area contributed by atoms with Crippen LogP contribution in [0.1, 0.15) is 5.56 Å². The number of hydrogen-bond acceptors (Lipinski definition) is 3. The van der Waals surface area contributed by atoms with Crippen molar-refractivity contribution in [2.24, 2.45) is 0 Å². The normalized spacial score (nSPS) is 13.9. The van der Waals surface area contributed by atoms with E-state index in [0.717, 1.165) is 11.0 Å². The molecule has 1 N–H and O–H groups in total. The largest absolute Gasteiger partial charge is 0.388 e. The minimum Gasteiger partial charge on any atom is -0.388 e. The summed E-state index contributed by atoms with van der Waals surface area (Å²) in [5, 5.41) is 11.2. The van der Waals surface area contributed by atoms with Crippen LogP contribution in [0.25, 0.3) is 0 Å². The first-order chi connectivity index (χ1) is 9.99. The maximum atomic E-state index is 12.2. The van der Waals surface area contributed by atoms with E-state index in [9.17, 15) is 13.5 Å². The number of aliphatic hydroxyl groups is 1. The standard InChI is InChI=1S/C16H15BrO3S/c17-15(16(18)11-13-7-3-1-4-8-13)12-21(19,20)14-9-5-2-6-10-14/h1-10,12,16,18H,11H2/b15-12+. The third-order valence-corrected chi connectivity index (χ3v) is 5.48. The number of halogens is 1. The predicted octanol–water partition coefficient (Wildman–Crippen LogP) is 3.30. The maximum absolute atomic E-state index is 12.2. The van der Waals surface area contributed by atoms with Crippen molar-refractivity contribution in [3.05, 3.63) is 76.1 Å². The predicted molar refractivity (Wildman–Crippen MR) is 86.8 cm³/mol. The van der Waals surface area contributed by atoms with E-state index in [2.05, 4.69) is 15.9 Å². The molecule has 1 unspecified atom stereocenters. The lowest BCUT2D eigenvalue weighted by Crippen LogP contribution is -2.12. The van der Waals surface area contributed by atoms with Crippen molar-refractivity contribution in [2.45, 2.75) is 17.4 Å². The van der Waals surface area contributed by atoms with Crippen molar-refractivity contribution >= 4 is 25.8 Å². The van der Waals surface area contributed by atoms with Crippen LogP contribution in [0.2, 0.25) is 0 Å². The highest BCUT2D eigenvalue weighted by molar-refractivity contribution is 9.11. The van der Waals surface area contributed by atoms with Crippen LogP contribution in [0.3, 0.4) is 0 Å². The molecule has 0 heterocycles. The molecule has 0 bridgehead atoms. The molecule has 0 spiro atoms. The molecule has 2 aromatic rings. The fraction of sp³-hybridized carbons (Fsp3) is 0.125. The summed E-state index contributed by atoms with van der Waals surface area (Å²) in [6.45, 7) is 0. The molecule has 0 saturated heterocycles. The van der Waals surface area contributed by atoms with E-state index in [-0.39, 0.29) is 9.38 Å². The molecule has 3 nitrogen and oxygen atoms in total. The van der Waals surface area contributed by atoms with Crippen molar-refractivity contribution < 1.29 is 13.5 Å². The van der Waals surface area contributed by atoms with Crippen molar-refractivity contribution in [3.8, 4) is 0 Å². The van der Waals surface area contributed by atoms with Crippen LogP contribution in [-0.2, 0) is 16.3 Å². The van der Waals surface area contributed by atoms with Gasteiger partial charge in [-0.2, -0.15) is 0 Å². The molecule has 2 aromatic carbocycles. The Morgan fingerprint density at radius 2 is 1.57 bits per heavy atom. The van der Waals surface area contributed by atoms with E-state index in [1.165, 1.54) is 12.1 Å². The Kier molecular flexibility index (Phi) is 5.33. The molecular weight excluding hydrogens is 352 g/mol. The maximum Gasteiger partial charge on any atom is 0.200 e. The van der Waals surface area contributed by atoms with E-state index in [1.54, 1.807) is 18.2 Å². The van der Waals surface area contributed by atoms with Gasteiger partial charge in [0.15, 0.2) is 0 Å². The van der Waals surface area contributed by atoms with Crippen molar-refractivity contribution in [2.75, 3.05) is 0 Å². The van der Waals surface area contributed by atoms with Crippen molar-refractivity contribution in [1.82, 2.24) is 0 Å². The smallest absolute Gasteiger partial charge is 0.200 e. The molecule has 0 radical (unpaired) electrons. The summed E-state index contributed by atoms with van der Waals surface area (Å²) >= 11 is 3.17. The quantitative estimate of drug-likeness (QED) is 0.882. The zero-order chi connectivity index (χ0) is 15.3. The first-order valence-corrected chi connectivity index (χ1v) is 8.72. The molecule has 1 atom stereocenters. The summed E-state index contributed by atoms with van der Waals surface area (Å²) in [4.78, 5) is 0.203. The summed E-state index contributed by atoms with van der Waals surface area (Å²) in [7, 11) is -3.57. The van der Waals surface area contributed by atoms with E-state index in [4.69, 9.17) is 0 Å². The molecular formula is C16H15BrO3S. The fourth-order valence-corrected chi connectivity index (χ4v) is 3.87. The summed E-state index contributed by atoms with van der Waals surface area (Å²) in [5.41, 5.74) is 0.937. The van der Waals surface area contributed by atoms with E-state index in [0.29, 0.717) is 6.42 Å². The van der Waals surface area contributed by atoms with Gasteiger partial charge in [-0.15, -0.1) is 0 Å². The lowest BCUT2D eigenvalue weighted by atomic mass is 10.1. The molecule has 0 aromatic heterocycles. The Labute approximate surface area is 133 Å². The fourth-order valence-electron chi connectivity index (χ4n) is 1.84. The van der Waals surface area contributed by atoms with Crippen LogP contribution >= 0.6 is 15.9 Å². The second-order valence-electron chi connectivity index (χ2n) is 4.57. The molecule has 0 aliphatic rings. The third kappa shape index (κ3) is 4.52. The van der Waals surface area contributed by atoms with Crippen molar-refractivity contribution in [3.63, 3.8) is 0 Å². The molecule has 2 rings (SSSR count). The first kappa shape index (κ1) is 15.9. The van der Waals surface area contributed by atoms with Crippen LogP contribution in [0, 0.1) is 0 Å². The highest BCUT2D eigenvalue weighted by atomic mass is 79.9. The molecule has 0 amide bonds. The number of rotatable bonds is 5. The molecule has 0 saturated carbocycles. The van der Waals surface area contributed by atoms with Gasteiger partial charge in [0, 0.05) is 16.3 Å². The minimum absolute atomic E-state index is 0.203. The second kappa shape index (κ2) is 7.02. The van der Waals surface area contributed by atoms with Gasteiger partial charge >= 0.3 is 0 Å². The van der Waals surface area contributed by atoms with Crippen molar-refractivity contribution in [1.29, 1.82) is 0 Å². The molecule has 110 valence electrons. The van der Waals surface area contributed by atoms with Gasteiger partial charge in [0.05, 0.1) is 11.0 Å². The molecule has 0 aliphatic carbocycles. The number of hydrogen-bond donors (Lipinski definition) is 1. The van der Waals surface area contributed by atoms with Crippen LogP contribution in [0.5, 0.6) is 0 Å². The van der Waals surface area contributed by atoms with Gasteiger partial charge in [-0.3, -0.25) is 0 Å². The Morgan fingerprint density at radius 1 is 1.05 bits per heavy atom. The van der Waals surface area contributed by atoms with E-state index >= 15 is 0 Å². The van der Waals surface area contributed by atoms with Gasteiger partial charge in [-0.05, 0) is 17.7 Å². The molecule has 21 heavy (non-hydrogen) atoms. The van der Waals surface area contributed by atoms with Gasteiger partial charge in [0.2, 0.25) is 9.84 Å². The van der Waals surface area contributed by atoms with Crippen LogP contribution in [0.4, 0.5) is 0 Å². The van der Waals surface area contributed by atoms with Crippen LogP contribution in [-0.4, -0.2) is 19.6 Å². The molecule has 5 heteroatoms. The Bertz CT molecular complexity index is 710. The lowest BCUT2D eigenvalue weighted by molar-refractivity contribution is 0.221. The Morgan fingerprint density at radius 3 is 2.14 bits per heavy atom. The third-order valence-electron chi connectivity index (χ3n) is 2.93. The number of aliphatic hydroxyl groups excluding tert-OH is 1. The summed E-state index contributed by atoms with van der Waals surface area (Å²) in [6, 6.07) is 17.5. The monoisotopic (exact) mass is 366 g/mol. The average molecular weight is 367 g/mol. The molecule has 0 aliphatic heterocycles. The topological polar surface area (TPSA) is 54.4 Å². The van der Waals surface area contributed by atoms with E-state index < -0.39 is 15.9 Å². The summed E-state index contributed by atoms with van der Waals surface area (Å²) in [6.07, 6.45) is -0.548. The minimum atomic E-state index is -3.57. The first-order valence-electron chi connectivity index (χ1n) is 6.38. The van der Waals surface area contributed by atoms with Gasteiger partial charge < -0.3 is 5.11 Å². The van der Waals surface area contributed by atoms with E-state index in [1.807, 2.05) is 30.3 Å². The zero-order valence-corrected chi connectivity index (χ0v) is 13.6. The summed E-state index contributed by atoms with van der Waals surface area (Å²) < 4.78 is 24.6. The zero-order valence-electron chi connectivity index (χ0n) is 11.2. The van der Waals surface area contributed by atoms with Crippen LogP contribution < -0.4 is 0 Å². The van der Waals surface area contributed by atoms with Gasteiger partial charge in [0.25, 0.3) is 0 Å². The highest BCUT2D eigenvalue weighted by Gasteiger charge is 2.16. The van der Waals surface area contributed by atoms with Gasteiger partial charge in [0.1, 0.15) is 0 Å². The Balaban J connectivity index is 2.17.